The van der Waals surface area contributed by atoms with Crippen molar-refractivity contribution in [2.24, 2.45) is 5.92 Å². The molecule has 4 heteroatoms. The fraction of sp³-hybridized carbons (Fsp3) is 0.211. The van der Waals surface area contributed by atoms with Crippen molar-refractivity contribution in [3.63, 3.8) is 0 Å². The van der Waals surface area contributed by atoms with E-state index in [1.807, 2.05) is 49.4 Å². The zero-order valence-electron chi connectivity index (χ0n) is 13.7. The fourth-order valence-corrected chi connectivity index (χ4v) is 2.70. The van der Waals surface area contributed by atoms with Gasteiger partial charge in [0.05, 0.1) is 5.69 Å². The van der Waals surface area contributed by atoms with Gasteiger partial charge in [-0.25, -0.2) is 4.79 Å². The van der Waals surface area contributed by atoms with Crippen LogP contribution in [0.25, 0.3) is 0 Å². The first-order chi connectivity index (χ1) is 11.1. The molecule has 2 amide bonds. The van der Waals surface area contributed by atoms with E-state index in [4.69, 9.17) is 0 Å². The highest BCUT2D eigenvalue weighted by atomic mass is 32.2. The molecule has 0 aliphatic rings. The lowest BCUT2D eigenvalue weighted by Gasteiger charge is -2.11. The van der Waals surface area contributed by atoms with Gasteiger partial charge < -0.3 is 10.6 Å². The number of para-hydroxylation sites is 1. The number of amides is 2. The number of nitrogens with one attached hydrogen (secondary N) is 2. The summed E-state index contributed by atoms with van der Waals surface area (Å²) in [7, 11) is 0. The van der Waals surface area contributed by atoms with Gasteiger partial charge in [-0.3, -0.25) is 0 Å². The Hall–Kier alpha value is -2.20. The minimum atomic E-state index is -0.230. The second-order valence-electron chi connectivity index (χ2n) is 5.55. The molecule has 0 unspecified atom stereocenters. The molecule has 0 spiro atoms. The van der Waals surface area contributed by atoms with Gasteiger partial charge in [-0.05, 0) is 37.1 Å². The van der Waals surface area contributed by atoms with E-state index in [1.54, 1.807) is 18.0 Å². The summed E-state index contributed by atoms with van der Waals surface area (Å²) in [6, 6.07) is 17.7. The number of rotatable bonds is 5. The highest BCUT2D eigenvalue weighted by molar-refractivity contribution is 7.99. The summed E-state index contributed by atoms with van der Waals surface area (Å²) in [4.78, 5) is 14.2. The number of hydrogen-bond acceptors (Lipinski definition) is 2. The molecule has 0 heterocycles. The molecule has 0 saturated carbocycles. The van der Waals surface area contributed by atoms with E-state index >= 15 is 0 Å². The van der Waals surface area contributed by atoms with E-state index < -0.39 is 0 Å². The maximum atomic E-state index is 12.1. The van der Waals surface area contributed by atoms with E-state index in [-0.39, 0.29) is 6.03 Å². The van der Waals surface area contributed by atoms with Gasteiger partial charge in [0.15, 0.2) is 0 Å². The van der Waals surface area contributed by atoms with Crippen molar-refractivity contribution in [2.75, 3.05) is 5.32 Å². The molecule has 0 aliphatic heterocycles. The van der Waals surface area contributed by atoms with Crippen LogP contribution in [0.1, 0.15) is 20.8 Å². The van der Waals surface area contributed by atoms with Crippen LogP contribution in [-0.4, -0.2) is 6.03 Å². The van der Waals surface area contributed by atoms with Crippen LogP contribution in [0.15, 0.2) is 76.2 Å². The van der Waals surface area contributed by atoms with Crippen LogP contribution in [0.3, 0.4) is 0 Å². The van der Waals surface area contributed by atoms with Crippen LogP contribution in [0.2, 0.25) is 0 Å². The summed E-state index contributed by atoms with van der Waals surface area (Å²) >= 11 is 1.63. The van der Waals surface area contributed by atoms with Crippen molar-refractivity contribution in [1.29, 1.82) is 0 Å². The average molecular weight is 326 g/mol. The second kappa shape index (κ2) is 8.44. The predicted molar refractivity (Wildman–Crippen MR) is 97.8 cm³/mol. The average Bonchev–Trinajstić information content (AvgIpc) is 2.55. The molecule has 0 bridgehead atoms. The molecular formula is C19H22N2OS. The molecule has 0 saturated heterocycles. The number of urea groups is 1. The third kappa shape index (κ3) is 5.49. The first kappa shape index (κ1) is 17.2. The summed E-state index contributed by atoms with van der Waals surface area (Å²) < 4.78 is 0. The Bertz CT molecular complexity index is 681. The van der Waals surface area contributed by atoms with Crippen LogP contribution in [0.4, 0.5) is 10.5 Å². The SMILES string of the molecule is C/C(=C\NC(=O)Nc1ccccc1Sc1ccccc1)C(C)C. The summed E-state index contributed by atoms with van der Waals surface area (Å²) in [5.41, 5.74) is 1.93. The summed E-state index contributed by atoms with van der Waals surface area (Å²) in [5, 5.41) is 5.69. The third-order valence-corrected chi connectivity index (χ3v) is 4.53. The Morgan fingerprint density at radius 3 is 2.39 bits per heavy atom. The quantitative estimate of drug-likeness (QED) is 0.759. The summed E-state index contributed by atoms with van der Waals surface area (Å²) in [6.07, 6.45) is 1.76. The van der Waals surface area contributed by atoms with Crippen LogP contribution < -0.4 is 10.6 Å². The molecule has 23 heavy (non-hydrogen) atoms. The molecule has 0 aliphatic carbocycles. The highest BCUT2D eigenvalue weighted by Gasteiger charge is 2.07. The van der Waals surface area contributed by atoms with Crippen molar-refractivity contribution < 1.29 is 4.79 Å². The maximum Gasteiger partial charge on any atom is 0.323 e. The van der Waals surface area contributed by atoms with Crippen molar-refractivity contribution in [3.05, 3.63) is 66.4 Å². The van der Waals surface area contributed by atoms with E-state index in [2.05, 4.69) is 36.6 Å². The molecule has 3 nitrogen and oxygen atoms in total. The van der Waals surface area contributed by atoms with Gasteiger partial charge >= 0.3 is 6.03 Å². The topological polar surface area (TPSA) is 41.1 Å². The fourth-order valence-electron chi connectivity index (χ4n) is 1.78. The molecule has 2 aromatic rings. The number of carbonyl (C=O) groups is 1. The van der Waals surface area contributed by atoms with E-state index in [0.717, 1.165) is 21.1 Å². The van der Waals surface area contributed by atoms with Gasteiger partial charge in [0, 0.05) is 16.0 Å². The minimum Gasteiger partial charge on any atom is -0.314 e. The maximum absolute atomic E-state index is 12.1. The number of anilines is 1. The first-order valence-corrected chi connectivity index (χ1v) is 8.44. The lowest BCUT2D eigenvalue weighted by atomic mass is 10.1. The van der Waals surface area contributed by atoms with Crippen molar-refractivity contribution in [3.8, 4) is 0 Å². The lowest BCUT2D eigenvalue weighted by Crippen LogP contribution is -2.24. The van der Waals surface area contributed by atoms with Gasteiger partial charge in [-0.2, -0.15) is 0 Å². The van der Waals surface area contributed by atoms with Crippen LogP contribution >= 0.6 is 11.8 Å². The smallest absolute Gasteiger partial charge is 0.314 e. The molecule has 0 aromatic heterocycles. The Labute approximate surface area is 142 Å². The van der Waals surface area contributed by atoms with E-state index in [9.17, 15) is 4.79 Å². The van der Waals surface area contributed by atoms with Crippen molar-refractivity contribution in [2.45, 2.75) is 30.6 Å². The second-order valence-corrected chi connectivity index (χ2v) is 6.67. The molecule has 0 atom stereocenters. The first-order valence-electron chi connectivity index (χ1n) is 7.62. The minimum absolute atomic E-state index is 0.230. The lowest BCUT2D eigenvalue weighted by molar-refractivity contribution is 0.255. The molecule has 2 N–H and O–H groups in total. The Balaban J connectivity index is 2.06. The normalized spacial score (nSPS) is 11.4. The molecule has 2 aromatic carbocycles. The molecule has 0 fully saturated rings. The number of benzene rings is 2. The zero-order chi connectivity index (χ0) is 16.7. The van der Waals surface area contributed by atoms with Gasteiger partial charge in [-0.1, -0.05) is 61.5 Å². The molecule has 0 radical (unpaired) electrons. The van der Waals surface area contributed by atoms with E-state index in [0.29, 0.717) is 5.92 Å². The van der Waals surface area contributed by atoms with Crippen molar-refractivity contribution in [1.82, 2.24) is 5.32 Å². The number of allylic oxidation sites excluding steroid dienone is 1. The monoisotopic (exact) mass is 326 g/mol. The van der Waals surface area contributed by atoms with E-state index in [1.165, 1.54) is 0 Å². The van der Waals surface area contributed by atoms with Crippen molar-refractivity contribution >= 4 is 23.5 Å². The number of hydrogen-bond donors (Lipinski definition) is 2. The van der Waals surface area contributed by atoms with Gasteiger partial charge in [0.25, 0.3) is 0 Å². The Kier molecular flexibility index (Phi) is 6.29. The predicted octanol–water partition coefficient (Wildman–Crippen LogP) is 5.52. The molecule has 120 valence electrons. The van der Waals surface area contributed by atoms with Crippen LogP contribution in [0.5, 0.6) is 0 Å². The largest absolute Gasteiger partial charge is 0.323 e. The Morgan fingerprint density at radius 1 is 1.04 bits per heavy atom. The van der Waals surface area contributed by atoms with Crippen LogP contribution in [-0.2, 0) is 0 Å². The van der Waals surface area contributed by atoms with Gasteiger partial charge in [0.2, 0.25) is 0 Å². The molecular weight excluding hydrogens is 304 g/mol. The zero-order valence-corrected chi connectivity index (χ0v) is 14.5. The summed E-state index contributed by atoms with van der Waals surface area (Å²) in [5.74, 6) is 0.413. The summed E-state index contributed by atoms with van der Waals surface area (Å²) in [6.45, 7) is 6.19. The van der Waals surface area contributed by atoms with Gasteiger partial charge in [0.1, 0.15) is 0 Å². The Morgan fingerprint density at radius 2 is 1.70 bits per heavy atom. The van der Waals surface area contributed by atoms with Crippen LogP contribution in [0, 0.1) is 5.92 Å². The molecule has 2 rings (SSSR count). The standard InChI is InChI=1S/C19H22N2OS/c1-14(2)15(3)13-20-19(22)21-17-11-7-8-12-18(17)23-16-9-5-4-6-10-16/h4-14H,1-3H3,(H2,20,21,22)/b15-13+. The highest BCUT2D eigenvalue weighted by Crippen LogP contribution is 2.33. The third-order valence-electron chi connectivity index (χ3n) is 3.45. The van der Waals surface area contributed by atoms with Gasteiger partial charge in [-0.15, -0.1) is 0 Å². The number of carbonyl (C=O) groups excluding carboxylic acids is 1.